The molecule has 1 aromatic heterocycles. The van der Waals surface area contributed by atoms with Crippen LogP contribution in [0.15, 0.2) is 42.5 Å². The maximum atomic E-state index is 12.1. The van der Waals surface area contributed by atoms with E-state index in [1.165, 1.54) is 30.6 Å². The number of amides is 1. The van der Waals surface area contributed by atoms with E-state index in [2.05, 4.69) is 15.8 Å². The highest BCUT2D eigenvalue weighted by atomic mass is 32.1. The SMILES string of the molecule is COc1cccc(C(=O)NNc2nc3ccc([N+](=O)[O-])cc3s2)c1. The maximum Gasteiger partial charge on any atom is 0.270 e. The van der Waals surface area contributed by atoms with Crippen molar-refractivity contribution in [2.45, 2.75) is 0 Å². The van der Waals surface area contributed by atoms with Gasteiger partial charge in [0, 0.05) is 17.7 Å². The first-order chi connectivity index (χ1) is 11.6. The summed E-state index contributed by atoms with van der Waals surface area (Å²) >= 11 is 1.21. The predicted octanol–water partition coefficient (Wildman–Crippen LogP) is 2.97. The van der Waals surface area contributed by atoms with Gasteiger partial charge in [0.1, 0.15) is 5.75 Å². The summed E-state index contributed by atoms with van der Waals surface area (Å²) in [7, 11) is 1.52. The van der Waals surface area contributed by atoms with Gasteiger partial charge in [-0.2, -0.15) is 0 Å². The van der Waals surface area contributed by atoms with E-state index in [4.69, 9.17) is 4.74 Å². The Labute approximate surface area is 140 Å². The number of carbonyl (C=O) groups excluding carboxylic acids is 1. The van der Waals surface area contributed by atoms with Crippen LogP contribution in [0.5, 0.6) is 5.75 Å². The van der Waals surface area contributed by atoms with Crippen molar-refractivity contribution in [3.05, 3.63) is 58.1 Å². The van der Waals surface area contributed by atoms with Crippen LogP contribution in [0.4, 0.5) is 10.8 Å². The van der Waals surface area contributed by atoms with Crippen LogP contribution in [0.2, 0.25) is 0 Å². The number of hydrogen-bond donors (Lipinski definition) is 2. The van der Waals surface area contributed by atoms with Gasteiger partial charge < -0.3 is 4.74 Å². The average molecular weight is 344 g/mol. The van der Waals surface area contributed by atoms with E-state index in [9.17, 15) is 14.9 Å². The summed E-state index contributed by atoms with van der Waals surface area (Å²) in [5, 5.41) is 11.2. The van der Waals surface area contributed by atoms with Gasteiger partial charge >= 0.3 is 0 Å². The summed E-state index contributed by atoms with van der Waals surface area (Å²) in [6, 6.07) is 11.1. The summed E-state index contributed by atoms with van der Waals surface area (Å²) in [4.78, 5) is 26.7. The van der Waals surface area contributed by atoms with Crippen LogP contribution in [0, 0.1) is 10.1 Å². The van der Waals surface area contributed by atoms with Crippen molar-refractivity contribution < 1.29 is 14.5 Å². The second kappa shape index (κ2) is 6.50. The van der Waals surface area contributed by atoms with Gasteiger partial charge in [0.2, 0.25) is 5.13 Å². The maximum absolute atomic E-state index is 12.1. The van der Waals surface area contributed by atoms with Crippen molar-refractivity contribution in [3.63, 3.8) is 0 Å². The molecule has 122 valence electrons. The number of benzene rings is 2. The smallest absolute Gasteiger partial charge is 0.270 e. The third-order valence-corrected chi connectivity index (χ3v) is 4.13. The molecule has 0 fully saturated rings. The molecule has 0 unspecified atom stereocenters. The first-order valence-electron chi connectivity index (χ1n) is 6.82. The fourth-order valence-electron chi connectivity index (χ4n) is 2.03. The van der Waals surface area contributed by atoms with Crippen molar-refractivity contribution in [1.29, 1.82) is 0 Å². The minimum atomic E-state index is -0.461. The molecule has 0 bridgehead atoms. The van der Waals surface area contributed by atoms with Gasteiger partial charge in [-0.3, -0.25) is 25.8 Å². The Balaban J connectivity index is 1.73. The van der Waals surface area contributed by atoms with Crippen molar-refractivity contribution in [2.75, 3.05) is 12.5 Å². The number of hydrazine groups is 1. The zero-order chi connectivity index (χ0) is 17.1. The topological polar surface area (TPSA) is 106 Å². The fraction of sp³-hybridized carbons (Fsp3) is 0.0667. The van der Waals surface area contributed by atoms with Crippen molar-refractivity contribution in [2.24, 2.45) is 0 Å². The standard InChI is InChI=1S/C15H12N4O4S/c1-23-11-4-2-3-9(7-11)14(20)17-18-15-16-12-6-5-10(19(21)22)8-13(12)24-15/h2-8H,1H3,(H,16,18)(H,17,20). The summed E-state index contributed by atoms with van der Waals surface area (Å²) < 4.78 is 5.73. The predicted molar refractivity (Wildman–Crippen MR) is 90.4 cm³/mol. The number of nitrogens with zero attached hydrogens (tertiary/aromatic N) is 2. The molecule has 0 aliphatic rings. The van der Waals surface area contributed by atoms with Crippen LogP contribution in [-0.2, 0) is 0 Å². The molecule has 24 heavy (non-hydrogen) atoms. The number of thiazole rings is 1. The Morgan fingerprint density at radius 2 is 2.12 bits per heavy atom. The van der Waals surface area contributed by atoms with Gasteiger partial charge in [-0.1, -0.05) is 17.4 Å². The lowest BCUT2D eigenvalue weighted by Crippen LogP contribution is -2.29. The number of nitrogens with one attached hydrogen (secondary N) is 2. The highest BCUT2D eigenvalue weighted by Gasteiger charge is 2.11. The third kappa shape index (κ3) is 3.25. The highest BCUT2D eigenvalue weighted by Crippen LogP contribution is 2.28. The summed E-state index contributed by atoms with van der Waals surface area (Å²) in [6.07, 6.45) is 0. The Morgan fingerprint density at radius 3 is 2.88 bits per heavy atom. The van der Waals surface area contributed by atoms with Crippen molar-refractivity contribution in [1.82, 2.24) is 10.4 Å². The lowest BCUT2D eigenvalue weighted by atomic mass is 10.2. The molecule has 0 radical (unpaired) electrons. The van der Waals surface area contributed by atoms with E-state index >= 15 is 0 Å². The molecule has 1 heterocycles. The number of rotatable bonds is 5. The van der Waals surface area contributed by atoms with Crippen LogP contribution in [0.3, 0.4) is 0 Å². The number of non-ortho nitro benzene ring substituents is 1. The largest absolute Gasteiger partial charge is 0.497 e. The van der Waals surface area contributed by atoms with Gasteiger partial charge in [-0.25, -0.2) is 4.98 Å². The van der Waals surface area contributed by atoms with Gasteiger partial charge in [0.25, 0.3) is 11.6 Å². The molecule has 8 nitrogen and oxygen atoms in total. The number of nitro benzene ring substituents is 1. The first kappa shape index (κ1) is 15.7. The minimum Gasteiger partial charge on any atom is -0.497 e. The Kier molecular flexibility index (Phi) is 4.25. The fourth-order valence-corrected chi connectivity index (χ4v) is 2.88. The normalized spacial score (nSPS) is 10.4. The molecule has 2 aromatic carbocycles. The van der Waals surface area contributed by atoms with Crippen molar-refractivity contribution >= 4 is 38.3 Å². The van der Waals surface area contributed by atoms with Crippen LogP contribution in [0.25, 0.3) is 10.2 Å². The molecule has 1 amide bonds. The monoisotopic (exact) mass is 344 g/mol. The molecule has 0 atom stereocenters. The van der Waals surface area contributed by atoms with Crippen LogP contribution in [0.1, 0.15) is 10.4 Å². The lowest BCUT2D eigenvalue weighted by molar-refractivity contribution is -0.384. The quantitative estimate of drug-likeness (QED) is 0.544. The molecule has 3 aromatic rings. The van der Waals surface area contributed by atoms with Gasteiger partial charge in [-0.05, 0) is 24.3 Å². The van der Waals surface area contributed by atoms with E-state index in [1.54, 1.807) is 30.3 Å². The third-order valence-electron chi connectivity index (χ3n) is 3.20. The zero-order valence-corrected chi connectivity index (χ0v) is 13.3. The van der Waals surface area contributed by atoms with E-state index in [0.717, 1.165) is 0 Å². The summed E-state index contributed by atoms with van der Waals surface area (Å²) in [5.41, 5.74) is 6.29. The number of anilines is 1. The number of ether oxygens (including phenoxy) is 1. The number of methoxy groups -OCH3 is 1. The van der Waals surface area contributed by atoms with E-state index < -0.39 is 4.92 Å². The highest BCUT2D eigenvalue weighted by molar-refractivity contribution is 7.22. The van der Waals surface area contributed by atoms with Crippen LogP contribution < -0.4 is 15.6 Å². The second-order valence-corrected chi connectivity index (χ2v) is 5.77. The molecule has 0 saturated carbocycles. The lowest BCUT2D eigenvalue weighted by Gasteiger charge is -2.06. The number of fused-ring (bicyclic) bond motifs is 1. The molecule has 0 aliphatic heterocycles. The van der Waals surface area contributed by atoms with Crippen LogP contribution >= 0.6 is 11.3 Å². The van der Waals surface area contributed by atoms with Crippen LogP contribution in [-0.4, -0.2) is 22.9 Å². The summed E-state index contributed by atoms with van der Waals surface area (Å²) in [5.74, 6) is 0.231. The van der Waals surface area contributed by atoms with Crippen molar-refractivity contribution in [3.8, 4) is 5.75 Å². The molecule has 3 rings (SSSR count). The average Bonchev–Trinajstić information content (AvgIpc) is 3.01. The molecular weight excluding hydrogens is 332 g/mol. The molecule has 0 saturated heterocycles. The molecule has 0 spiro atoms. The van der Waals surface area contributed by atoms with Gasteiger partial charge in [-0.15, -0.1) is 0 Å². The number of aromatic nitrogens is 1. The molecular formula is C15H12N4O4S. The summed E-state index contributed by atoms with van der Waals surface area (Å²) in [6.45, 7) is 0. The zero-order valence-electron chi connectivity index (χ0n) is 12.5. The molecule has 9 heteroatoms. The molecule has 0 aliphatic carbocycles. The number of hydrogen-bond acceptors (Lipinski definition) is 7. The first-order valence-corrected chi connectivity index (χ1v) is 7.64. The second-order valence-electron chi connectivity index (χ2n) is 4.74. The Morgan fingerprint density at radius 1 is 1.29 bits per heavy atom. The molecule has 2 N–H and O–H groups in total. The van der Waals surface area contributed by atoms with Gasteiger partial charge in [0.05, 0.1) is 22.2 Å². The Bertz CT molecular complexity index is 925. The van der Waals surface area contributed by atoms with E-state index in [1.807, 2.05) is 0 Å². The number of carbonyl (C=O) groups is 1. The minimum absolute atomic E-state index is 0.00174. The number of nitro groups is 1. The van der Waals surface area contributed by atoms with Gasteiger partial charge in [0.15, 0.2) is 0 Å². The van der Waals surface area contributed by atoms with E-state index in [-0.39, 0.29) is 11.6 Å². The Hall–Kier alpha value is -3.20. The van der Waals surface area contributed by atoms with E-state index in [0.29, 0.717) is 26.7 Å².